The summed E-state index contributed by atoms with van der Waals surface area (Å²) in [7, 11) is -0.810. The summed E-state index contributed by atoms with van der Waals surface area (Å²) in [5.74, 6) is 2.03. The highest BCUT2D eigenvalue weighted by Crippen LogP contribution is 2.47. The average Bonchev–Trinajstić information content (AvgIpc) is 3.34. The van der Waals surface area contributed by atoms with Gasteiger partial charge in [-0.15, -0.1) is 0 Å². The van der Waals surface area contributed by atoms with Crippen molar-refractivity contribution in [2.75, 3.05) is 26.1 Å². The number of rotatable bonds is 7. The van der Waals surface area contributed by atoms with E-state index in [0.29, 0.717) is 63.7 Å². The number of hydrogen-bond donors (Lipinski definition) is 2. The van der Waals surface area contributed by atoms with E-state index in [1.807, 2.05) is 13.0 Å². The van der Waals surface area contributed by atoms with E-state index in [0.717, 1.165) is 0 Å². The molecule has 0 bridgehead atoms. The number of thioether (sulfide) groups is 1. The molecule has 2 atom stereocenters. The van der Waals surface area contributed by atoms with Crippen LogP contribution in [0.3, 0.4) is 0 Å². The Labute approximate surface area is 248 Å². The first-order valence-electron chi connectivity index (χ1n) is 14.1. The molecule has 0 saturated heterocycles. The first kappa shape index (κ1) is 32.9. The quantitative estimate of drug-likeness (QED) is 0.313. The Morgan fingerprint density at radius 2 is 1.95 bits per heavy atom. The second kappa shape index (κ2) is 13.6. The predicted molar refractivity (Wildman–Crippen MR) is 161 cm³/mol. The average molecular weight is 608 g/mol. The lowest BCUT2D eigenvalue weighted by atomic mass is 9.99. The monoisotopic (exact) mass is 607 g/mol. The molecule has 2 aromatic rings. The van der Waals surface area contributed by atoms with Crippen molar-refractivity contribution in [1.29, 1.82) is 0 Å². The smallest absolute Gasteiger partial charge is 0.338 e. The molecule has 1 aliphatic rings. The maximum Gasteiger partial charge on any atom is 0.338 e. The highest BCUT2D eigenvalue weighted by Gasteiger charge is 2.45. The molecule has 3 rings (SSSR count). The lowest BCUT2D eigenvalue weighted by molar-refractivity contribution is -0.122. The van der Waals surface area contributed by atoms with Gasteiger partial charge in [-0.3, -0.25) is 4.79 Å². The van der Waals surface area contributed by atoms with E-state index in [1.54, 1.807) is 14.0 Å². The van der Waals surface area contributed by atoms with Crippen LogP contribution in [0.25, 0.3) is 0 Å². The lowest BCUT2D eigenvalue weighted by Gasteiger charge is -2.43. The minimum Gasteiger partial charge on any atom is -0.543 e. The molecule has 0 saturated carbocycles. The molecule has 0 unspecified atom stereocenters. The lowest BCUT2D eigenvalue weighted by Crippen LogP contribution is -2.48. The van der Waals surface area contributed by atoms with Crippen LogP contribution in [0.15, 0.2) is 10.6 Å². The van der Waals surface area contributed by atoms with Crippen LogP contribution in [0.1, 0.15) is 79.8 Å². The van der Waals surface area contributed by atoms with Crippen molar-refractivity contribution in [3.05, 3.63) is 34.5 Å². The van der Waals surface area contributed by atoms with Crippen molar-refractivity contribution in [2.24, 2.45) is 11.8 Å². The summed E-state index contributed by atoms with van der Waals surface area (Å²) in [5.41, 5.74) is 1.78. The second-order valence-corrected chi connectivity index (χ2v) is 17.6. The van der Waals surface area contributed by atoms with Gasteiger partial charge in [0.05, 0.1) is 19.3 Å². The SMILES string of the molecule is COc1cc(O[Si](C)(C)C(C)(C)C(C)C)c2c(c1C)C(=O)OC[C@@H](CO)CCC(=O)N[C@H](c1nc(C)no1)CSC2. The summed E-state index contributed by atoms with van der Waals surface area (Å²) in [6.07, 6.45) is 0.505. The molecule has 1 aliphatic heterocycles. The van der Waals surface area contributed by atoms with Gasteiger partial charge in [-0.2, -0.15) is 16.7 Å². The van der Waals surface area contributed by atoms with Crippen molar-refractivity contribution in [3.63, 3.8) is 0 Å². The number of nitrogens with one attached hydrogen (secondary N) is 1. The molecule has 10 nitrogen and oxygen atoms in total. The van der Waals surface area contributed by atoms with Gasteiger partial charge in [0.1, 0.15) is 17.5 Å². The Morgan fingerprint density at radius 1 is 1.24 bits per heavy atom. The molecular formula is C29H45N3O7SSi. The van der Waals surface area contributed by atoms with Crippen LogP contribution in [0.5, 0.6) is 11.5 Å². The fraction of sp³-hybridized carbons (Fsp3) is 0.655. The number of amides is 1. The molecule has 12 heteroatoms. The van der Waals surface area contributed by atoms with Gasteiger partial charge >= 0.3 is 5.97 Å². The third-order valence-electron chi connectivity index (χ3n) is 8.59. The summed E-state index contributed by atoms with van der Waals surface area (Å²) < 4.78 is 23.7. The topological polar surface area (TPSA) is 133 Å². The third kappa shape index (κ3) is 7.64. The maximum absolute atomic E-state index is 13.7. The molecule has 2 N–H and O–H groups in total. The number of esters is 1. The van der Waals surface area contributed by atoms with Gasteiger partial charge in [-0.1, -0.05) is 32.9 Å². The largest absolute Gasteiger partial charge is 0.543 e. The number of aliphatic hydroxyl groups is 1. The van der Waals surface area contributed by atoms with Crippen LogP contribution >= 0.6 is 11.8 Å². The van der Waals surface area contributed by atoms with E-state index in [-0.39, 0.29) is 30.6 Å². The number of aromatic nitrogens is 2. The zero-order chi connectivity index (χ0) is 30.5. The normalized spacial score (nSPS) is 19.7. The number of aryl methyl sites for hydroxylation is 1. The first-order valence-corrected chi connectivity index (χ1v) is 18.1. The zero-order valence-corrected chi connectivity index (χ0v) is 27.6. The Bertz CT molecular complexity index is 1230. The van der Waals surface area contributed by atoms with E-state index in [1.165, 1.54) is 11.8 Å². The number of methoxy groups -OCH3 is 1. The van der Waals surface area contributed by atoms with Crippen LogP contribution in [0, 0.1) is 25.7 Å². The Balaban J connectivity index is 2.11. The number of ether oxygens (including phenoxy) is 2. The van der Waals surface area contributed by atoms with Gasteiger partial charge in [0.15, 0.2) is 5.82 Å². The van der Waals surface area contributed by atoms with E-state index >= 15 is 0 Å². The molecule has 1 aromatic carbocycles. The number of cyclic esters (lactones) is 1. The zero-order valence-electron chi connectivity index (χ0n) is 25.8. The van der Waals surface area contributed by atoms with E-state index < -0.39 is 26.2 Å². The van der Waals surface area contributed by atoms with E-state index in [4.69, 9.17) is 18.4 Å². The van der Waals surface area contributed by atoms with Crippen LogP contribution in [0.4, 0.5) is 0 Å². The highest BCUT2D eigenvalue weighted by atomic mass is 32.2. The molecule has 41 heavy (non-hydrogen) atoms. The standard InChI is InChI=1S/C29H45N3O7SSi/c1-17(2)29(5,6)41(8,9)39-24-12-23(36-7)18(3)26-21(24)15-40-16-22(27-30-19(4)32-38-27)31-25(34)11-10-20(13-33)14-37-28(26)35/h12,17,20,22,33H,10-11,13-16H2,1-9H3,(H,31,34)/t20-,22+/m1/s1. The summed E-state index contributed by atoms with van der Waals surface area (Å²) in [4.78, 5) is 30.8. The highest BCUT2D eigenvalue weighted by molar-refractivity contribution is 7.98. The molecule has 2 heterocycles. The minimum atomic E-state index is -2.38. The van der Waals surface area contributed by atoms with Crippen molar-refractivity contribution >= 4 is 32.0 Å². The fourth-order valence-corrected chi connectivity index (χ4v) is 8.07. The first-order chi connectivity index (χ1) is 19.2. The van der Waals surface area contributed by atoms with Crippen LogP contribution < -0.4 is 14.5 Å². The Morgan fingerprint density at radius 3 is 2.54 bits per heavy atom. The number of fused-ring (bicyclic) bond motifs is 1. The summed E-state index contributed by atoms with van der Waals surface area (Å²) in [6, 6.07) is 1.35. The molecule has 0 spiro atoms. The maximum atomic E-state index is 13.7. The Hall–Kier alpha value is -2.57. The molecule has 0 aliphatic carbocycles. The predicted octanol–water partition coefficient (Wildman–Crippen LogP) is 5.36. The number of benzene rings is 1. The molecular weight excluding hydrogens is 562 g/mol. The molecule has 0 fully saturated rings. The summed E-state index contributed by atoms with van der Waals surface area (Å²) >= 11 is 1.52. The molecule has 228 valence electrons. The molecule has 1 amide bonds. The number of aliphatic hydroxyl groups excluding tert-OH is 1. The van der Waals surface area contributed by atoms with E-state index in [9.17, 15) is 14.7 Å². The van der Waals surface area contributed by atoms with Crippen LogP contribution in [-0.4, -0.2) is 61.5 Å². The van der Waals surface area contributed by atoms with Gasteiger partial charge in [-0.05, 0) is 44.3 Å². The van der Waals surface area contributed by atoms with Crippen LogP contribution in [0.2, 0.25) is 18.1 Å². The number of carbonyl (C=O) groups excluding carboxylic acids is 2. The van der Waals surface area contributed by atoms with Crippen molar-refractivity contribution < 1.29 is 33.1 Å². The van der Waals surface area contributed by atoms with Gasteiger partial charge in [-0.25, -0.2) is 4.79 Å². The van der Waals surface area contributed by atoms with Gasteiger partial charge < -0.3 is 28.8 Å². The second-order valence-electron chi connectivity index (χ2n) is 12.0. The third-order valence-corrected chi connectivity index (χ3v) is 14.1. The summed E-state index contributed by atoms with van der Waals surface area (Å²) in [6.45, 7) is 16.6. The minimum absolute atomic E-state index is 0.0189. The summed E-state index contributed by atoms with van der Waals surface area (Å²) in [5, 5.41) is 16.8. The number of hydrogen-bond acceptors (Lipinski definition) is 10. The van der Waals surface area contributed by atoms with Gasteiger partial charge in [0, 0.05) is 47.6 Å². The van der Waals surface area contributed by atoms with Crippen molar-refractivity contribution in [2.45, 2.75) is 84.3 Å². The van der Waals surface area contributed by atoms with Gasteiger partial charge in [0.2, 0.25) is 11.8 Å². The molecule has 1 aromatic heterocycles. The van der Waals surface area contributed by atoms with Crippen molar-refractivity contribution in [1.82, 2.24) is 15.5 Å². The fourth-order valence-electron chi connectivity index (χ4n) is 4.61. The van der Waals surface area contributed by atoms with Gasteiger partial charge in [0.25, 0.3) is 8.32 Å². The van der Waals surface area contributed by atoms with Crippen molar-refractivity contribution in [3.8, 4) is 11.5 Å². The Kier molecular flexibility index (Phi) is 10.9. The van der Waals surface area contributed by atoms with E-state index in [2.05, 4.69) is 56.2 Å². The van der Waals surface area contributed by atoms with Crippen LogP contribution in [-0.2, 0) is 15.3 Å². The number of carbonyl (C=O) groups is 2. The molecule has 0 radical (unpaired) electrons. The number of nitrogens with zero attached hydrogens (tertiary/aromatic N) is 2.